The first-order valence-electron chi connectivity index (χ1n) is 5.01. The Morgan fingerprint density at radius 2 is 2.12 bits per heavy atom. The molecule has 0 fully saturated rings. The van der Waals surface area contributed by atoms with Crippen LogP contribution in [0.2, 0.25) is 0 Å². The predicted molar refractivity (Wildman–Crippen MR) is 66.2 cm³/mol. The van der Waals surface area contributed by atoms with Crippen molar-refractivity contribution in [3.8, 4) is 0 Å². The number of hydrogen-bond acceptors (Lipinski definition) is 3. The Morgan fingerprint density at radius 3 is 2.94 bits per heavy atom. The number of fused-ring (bicyclic) bond motifs is 2. The molecule has 2 heterocycles. The summed E-state index contributed by atoms with van der Waals surface area (Å²) in [5.41, 5.74) is 1.26. The highest BCUT2D eigenvalue weighted by Crippen LogP contribution is 2.29. The molecule has 0 saturated carbocycles. The normalized spacial score (nSPS) is 12.8. The summed E-state index contributed by atoms with van der Waals surface area (Å²) < 4.78 is 0.834. The molecule has 1 aliphatic rings. The number of carboxylic acid groups (broad SMARTS) is 1. The summed E-state index contributed by atoms with van der Waals surface area (Å²) in [6.07, 6.45) is 0.593. The van der Waals surface area contributed by atoms with Gasteiger partial charge in [-0.1, -0.05) is 12.1 Å². The van der Waals surface area contributed by atoms with Gasteiger partial charge in [-0.05, 0) is 23.6 Å². The highest BCUT2D eigenvalue weighted by atomic mass is 32.1. The van der Waals surface area contributed by atoms with Crippen molar-refractivity contribution in [3.63, 3.8) is 0 Å². The number of hydrogen-bond donors (Lipinski definition) is 1. The molecule has 0 spiro atoms. The Morgan fingerprint density at radius 1 is 1.29 bits per heavy atom. The first-order valence-corrected chi connectivity index (χ1v) is 5.89. The Balaban J connectivity index is 2.37. The number of rotatable bonds is 0. The number of carbonyl (C=O) groups is 1. The minimum absolute atomic E-state index is 0.586. The van der Waals surface area contributed by atoms with Crippen molar-refractivity contribution in [2.24, 2.45) is 4.99 Å². The van der Waals surface area contributed by atoms with E-state index in [0.717, 1.165) is 9.89 Å². The van der Waals surface area contributed by atoms with E-state index in [4.69, 9.17) is 0 Å². The van der Waals surface area contributed by atoms with Crippen LogP contribution < -0.4 is 14.8 Å². The molecule has 1 aromatic carbocycles. The number of thiophene rings is 1. The number of para-hydroxylation sites is 2. The van der Waals surface area contributed by atoms with Crippen LogP contribution in [0.25, 0.3) is 6.20 Å². The molecule has 1 N–H and O–H groups in total. The van der Waals surface area contributed by atoms with Crippen LogP contribution in [0, 0.1) is 0 Å². The van der Waals surface area contributed by atoms with E-state index in [0.29, 0.717) is 11.4 Å². The third-order valence-electron chi connectivity index (χ3n) is 2.51. The van der Waals surface area contributed by atoms with Crippen LogP contribution in [0.1, 0.15) is 0 Å². The highest BCUT2D eigenvalue weighted by molar-refractivity contribution is 7.07. The maximum Gasteiger partial charge on any atom is 0.416 e. The fourth-order valence-electron chi connectivity index (χ4n) is 1.74. The lowest BCUT2D eigenvalue weighted by atomic mass is 10.2. The van der Waals surface area contributed by atoms with Gasteiger partial charge in [-0.25, -0.2) is 9.79 Å². The summed E-state index contributed by atoms with van der Waals surface area (Å²) in [7, 11) is 0. The molecule has 3 rings (SSSR count). The maximum atomic E-state index is 11.3. The molecule has 0 radical (unpaired) electrons. The van der Waals surface area contributed by atoms with Crippen molar-refractivity contribution in [1.29, 1.82) is 0 Å². The lowest BCUT2D eigenvalue weighted by Crippen LogP contribution is -2.27. The number of amides is 1. The van der Waals surface area contributed by atoms with Gasteiger partial charge in [0.05, 0.1) is 11.4 Å². The molecule has 2 aromatic rings. The van der Waals surface area contributed by atoms with E-state index in [1.54, 1.807) is 18.3 Å². The van der Waals surface area contributed by atoms with Gasteiger partial charge < -0.3 is 5.11 Å². The molecular formula is C12H8N2O2S. The van der Waals surface area contributed by atoms with Crippen LogP contribution in [0.4, 0.5) is 16.2 Å². The van der Waals surface area contributed by atoms with Gasteiger partial charge in [-0.15, -0.1) is 11.3 Å². The Bertz CT molecular complexity index is 705. The molecule has 17 heavy (non-hydrogen) atoms. The average molecular weight is 244 g/mol. The number of anilines is 1. The third-order valence-corrected chi connectivity index (χ3v) is 3.33. The maximum absolute atomic E-state index is 11.3. The van der Waals surface area contributed by atoms with Gasteiger partial charge >= 0.3 is 6.09 Å². The average Bonchev–Trinajstić information content (AvgIpc) is 2.68. The Labute approximate surface area is 101 Å². The summed E-state index contributed by atoms with van der Waals surface area (Å²) >= 11 is 1.50. The molecule has 1 aromatic heterocycles. The predicted octanol–water partition coefficient (Wildman–Crippen LogP) is 1.94. The van der Waals surface area contributed by atoms with Crippen molar-refractivity contribution in [2.45, 2.75) is 0 Å². The molecule has 5 heteroatoms. The zero-order valence-corrected chi connectivity index (χ0v) is 9.52. The molecule has 0 unspecified atom stereocenters. The van der Waals surface area contributed by atoms with Gasteiger partial charge in [0.2, 0.25) is 0 Å². The van der Waals surface area contributed by atoms with Crippen LogP contribution in [0.15, 0.2) is 40.7 Å². The zero-order chi connectivity index (χ0) is 11.8. The summed E-state index contributed by atoms with van der Waals surface area (Å²) in [5.74, 6) is 0. The lowest BCUT2D eigenvalue weighted by Gasteiger charge is -2.14. The second kappa shape index (κ2) is 3.71. The smallest absolute Gasteiger partial charge is 0.416 e. The van der Waals surface area contributed by atoms with E-state index in [9.17, 15) is 9.90 Å². The van der Waals surface area contributed by atoms with Crippen molar-refractivity contribution >= 4 is 35.0 Å². The van der Waals surface area contributed by atoms with Gasteiger partial charge in [-0.2, -0.15) is 0 Å². The molecule has 1 amide bonds. The van der Waals surface area contributed by atoms with Crippen LogP contribution in [0.5, 0.6) is 0 Å². The number of nitrogens with zero attached hydrogens (tertiary/aromatic N) is 2. The molecule has 0 saturated heterocycles. The SMILES string of the molecule is O=C(O)N1C=c2ccsc2=Nc2ccccc21. The van der Waals surface area contributed by atoms with Crippen molar-refractivity contribution < 1.29 is 9.90 Å². The van der Waals surface area contributed by atoms with Gasteiger partial charge in [0.25, 0.3) is 0 Å². The Kier molecular flexibility index (Phi) is 2.19. The van der Waals surface area contributed by atoms with Gasteiger partial charge in [-0.3, -0.25) is 4.90 Å². The first kappa shape index (κ1) is 10.0. The standard InChI is InChI=1S/C12H8N2O2S/c15-12(16)14-7-8-5-6-17-11(8)13-9-3-1-2-4-10(9)14/h1-7H,(H,15,16). The largest absolute Gasteiger partial charge is 0.464 e. The summed E-state index contributed by atoms with van der Waals surface area (Å²) in [5, 5.41) is 12.0. The van der Waals surface area contributed by atoms with E-state index in [2.05, 4.69) is 4.99 Å². The van der Waals surface area contributed by atoms with E-state index < -0.39 is 6.09 Å². The van der Waals surface area contributed by atoms with Gasteiger partial charge in [0.15, 0.2) is 0 Å². The highest BCUT2D eigenvalue weighted by Gasteiger charge is 2.17. The molecule has 84 valence electrons. The summed E-state index contributed by atoms with van der Waals surface area (Å²) in [6, 6.07) is 9.08. The molecule has 0 atom stereocenters. The molecular weight excluding hydrogens is 236 g/mol. The minimum atomic E-state index is -1.01. The lowest BCUT2D eigenvalue weighted by molar-refractivity contribution is 0.205. The summed E-state index contributed by atoms with van der Waals surface area (Å²) in [4.78, 5) is 16.9. The second-order valence-corrected chi connectivity index (χ2v) is 4.46. The van der Waals surface area contributed by atoms with E-state index >= 15 is 0 Å². The molecule has 1 aliphatic heterocycles. The third kappa shape index (κ3) is 1.60. The van der Waals surface area contributed by atoms with E-state index in [1.165, 1.54) is 16.2 Å². The topological polar surface area (TPSA) is 52.9 Å². The van der Waals surface area contributed by atoms with Crippen molar-refractivity contribution in [2.75, 3.05) is 4.90 Å². The zero-order valence-electron chi connectivity index (χ0n) is 8.70. The van der Waals surface area contributed by atoms with Crippen LogP contribution >= 0.6 is 11.3 Å². The number of benzene rings is 1. The van der Waals surface area contributed by atoms with Crippen LogP contribution in [0.3, 0.4) is 0 Å². The summed E-state index contributed by atoms with van der Waals surface area (Å²) in [6.45, 7) is 0. The fourth-order valence-corrected chi connectivity index (χ4v) is 2.49. The van der Waals surface area contributed by atoms with Gasteiger partial charge in [0, 0.05) is 11.4 Å². The quantitative estimate of drug-likeness (QED) is 0.770. The van der Waals surface area contributed by atoms with Crippen molar-refractivity contribution in [1.82, 2.24) is 0 Å². The minimum Gasteiger partial charge on any atom is -0.464 e. The van der Waals surface area contributed by atoms with Crippen LogP contribution in [-0.2, 0) is 0 Å². The molecule has 0 bridgehead atoms. The molecule has 4 nitrogen and oxygen atoms in total. The molecule has 0 aliphatic carbocycles. The van der Waals surface area contributed by atoms with Gasteiger partial charge in [0.1, 0.15) is 4.67 Å². The second-order valence-electron chi connectivity index (χ2n) is 3.56. The fraction of sp³-hybridized carbons (Fsp3) is 0. The van der Waals surface area contributed by atoms with Crippen LogP contribution in [-0.4, -0.2) is 11.2 Å². The Hall–Kier alpha value is -2.14. The monoisotopic (exact) mass is 244 g/mol. The first-order chi connectivity index (χ1) is 8.25. The van der Waals surface area contributed by atoms with E-state index in [-0.39, 0.29) is 0 Å². The van der Waals surface area contributed by atoms with E-state index in [1.807, 2.05) is 23.6 Å². The van der Waals surface area contributed by atoms with Crippen molar-refractivity contribution in [3.05, 3.63) is 45.6 Å².